The largest absolute Gasteiger partial charge is 1.00 e. The number of hydrogen-bond acceptors (Lipinski definition) is 6. The van der Waals surface area contributed by atoms with E-state index >= 15 is 0 Å². The number of benzene rings is 2. The van der Waals surface area contributed by atoms with Crippen LogP contribution in [0.2, 0.25) is 0 Å². The summed E-state index contributed by atoms with van der Waals surface area (Å²) >= 11 is 0. The van der Waals surface area contributed by atoms with Crippen LogP contribution in [-0.4, -0.2) is 38.1 Å². The molecule has 0 aromatic heterocycles. The topological polar surface area (TPSA) is 107 Å². The van der Waals surface area contributed by atoms with Crippen molar-refractivity contribution in [3.05, 3.63) is 41.5 Å². The maximum absolute atomic E-state index is 11.9. The Bertz CT molecular complexity index is 912. The fourth-order valence-corrected chi connectivity index (χ4v) is 3.18. The van der Waals surface area contributed by atoms with Crippen LogP contribution in [0.5, 0.6) is 0 Å². The molecule has 2 aromatic rings. The minimum absolute atomic E-state index is 0. The molecule has 130 valence electrons. The molecule has 2 aromatic carbocycles. The van der Waals surface area contributed by atoms with Crippen molar-refractivity contribution in [3.8, 4) is 0 Å². The van der Waals surface area contributed by atoms with Crippen LogP contribution in [-0.2, 0) is 19.6 Å². The Balaban J connectivity index is 0.00000312. The van der Waals surface area contributed by atoms with Gasteiger partial charge in [0.2, 0.25) is 0 Å². The Labute approximate surface area is 168 Å². The van der Waals surface area contributed by atoms with Crippen molar-refractivity contribution in [2.75, 3.05) is 13.2 Å². The summed E-state index contributed by atoms with van der Waals surface area (Å²) in [5.41, 5.74) is -0.0368. The van der Waals surface area contributed by atoms with E-state index in [2.05, 4.69) is 0 Å². The van der Waals surface area contributed by atoms with Crippen LogP contribution in [0, 0.1) is 0 Å². The summed E-state index contributed by atoms with van der Waals surface area (Å²) in [7, 11) is -4.68. The number of fused-ring (bicyclic) bond motifs is 1. The molecular weight excluding hydrogens is 359 g/mol. The molecule has 0 aliphatic carbocycles. The third-order valence-corrected chi connectivity index (χ3v) is 4.19. The fraction of sp³-hybridized carbons (Fsp3) is 0.250. The van der Waals surface area contributed by atoms with Crippen molar-refractivity contribution in [1.82, 2.24) is 0 Å². The maximum Gasteiger partial charge on any atom is 1.00 e. The molecule has 9 heteroatoms. The summed E-state index contributed by atoms with van der Waals surface area (Å²) in [6, 6.07) is 6.84. The summed E-state index contributed by atoms with van der Waals surface area (Å²) in [6.45, 7) is 3.51. The van der Waals surface area contributed by atoms with Crippen LogP contribution in [0.1, 0.15) is 36.0 Å². The van der Waals surface area contributed by atoms with Gasteiger partial charge in [-0.3, -0.25) is 4.55 Å². The van der Waals surface area contributed by atoms with E-state index in [1.807, 2.05) is 0 Å². The van der Waals surface area contributed by atoms with Gasteiger partial charge in [-0.05, 0) is 37.4 Å². The first-order valence-corrected chi connectivity index (χ1v) is 8.62. The summed E-state index contributed by atoms with van der Waals surface area (Å²) in [5.74, 6) is -1.41. The van der Waals surface area contributed by atoms with Gasteiger partial charge >= 0.3 is 41.5 Å². The molecular formula is C16H17NaO7S. The Morgan fingerprint density at radius 3 is 2.20 bits per heavy atom. The summed E-state index contributed by atoms with van der Waals surface area (Å²) in [4.78, 5) is 23.2. The van der Waals surface area contributed by atoms with E-state index in [0.717, 1.165) is 0 Å². The van der Waals surface area contributed by atoms with E-state index < -0.39 is 27.0 Å². The van der Waals surface area contributed by atoms with Crippen LogP contribution in [0.15, 0.2) is 35.2 Å². The smallest absolute Gasteiger partial charge is 1.00 e. The Morgan fingerprint density at radius 1 is 1.04 bits per heavy atom. The molecule has 0 amide bonds. The third-order valence-electron chi connectivity index (χ3n) is 3.23. The number of esters is 2. The van der Waals surface area contributed by atoms with Gasteiger partial charge in [0, 0.05) is 5.39 Å². The predicted molar refractivity (Wildman–Crippen MR) is 86.8 cm³/mol. The molecule has 25 heavy (non-hydrogen) atoms. The molecule has 0 bridgehead atoms. The van der Waals surface area contributed by atoms with Crippen LogP contribution in [0.3, 0.4) is 0 Å². The second-order valence-corrected chi connectivity index (χ2v) is 6.15. The Hall–Kier alpha value is -1.45. The standard InChI is InChI=1S/C16H16O7S.Na.H/c1-3-22-15(17)11-6-7-12-10(9-11)5-8-13(16(18)23-4-2)14(12)24(19,20)21;;/h5-9H,3-4H2,1-2H3,(H,19,20,21);;/q;+1;-1. The second kappa shape index (κ2) is 8.77. The van der Waals surface area contributed by atoms with Gasteiger partial charge in [0.15, 0.2) is 0 Å². The molecule has 0 aliphatic rings. The molecule has 0 spiro atoms. The normalized spacial score (nSPS) is 10.8. The zero-order valence-corrected chi connectivity index (χ0v) is 16.9. The molecule has 1 N–H and O–H groups in total. The van der Waals surface area contributed by atoms with Crippen LogP contribution < -0.4 is 29.6 Å². The zero-order valence-electron chi connectivity index (χ0n) is 15.1. The van der Waals surface area contributed by atoms with E-state index in [1.54, 1.807) is 13.8 Å². The van der Waals surface area contributed by atoms with Crippen LogP contribution in [0.4, 0.5) is 0 Å². The van der Waals surface area contributed by atoms with Crippen molar-refractivity contribution >= 4 is 32.8 Å². The molecule has 2 rings (SSSR count). The maximum atomic E-state index is 11.9. The number of rotatable bonds is 5. The van der Waals surface area contributed by atoms with Gasteiger partial charge in [0.25, 0.3) is 10.1 Å². The number of carbonyl (C=O) groups is 2. The van der Waals surface area contributed by atoms with Gasteiger partial charge < -0.3 is 10.9 Å². The number of carbonyl (C=O) groups excluding carboxylic acids is 2. The van der Waals surface area contributed by atoms with Gasteiger partial charge in [-0.2, -0.15) is 8.42 Å². The SMILES string of the molecule is CCOC(=O)c1ccc2c(S(=O)(=O)O)c(C(=O)OCC)ccc2c1.[H-].[Na+]. The summed E-state index contributed by atoms with van der Waals surface area (Å²) in [6.07, 6.45) is 0. The Kier molecular flexibility index (Phi) is 7.58. The van der Waals surface area contributed by atoms with Gasteiger partial charge in [-0.1, -0.05) is 12.1 Å². The van der Waals surface area contributed by atoms with Gasteiger partial charge in [0.05, 0.1) is 24.3 Å². The monoisotopic (exact) mass is 376 g/mol. The average molecular weight is 376 g/mol. The van der Waals surface area contributed by atoms with Crippen LogP contribution >= 0.6 is 0 Å². The van der Waals surface area contributed by atoms with Crippen molar-refractivity contribution in [2.45, 2.75) is 18.7 Å². The van der Waals surface area contributed by atoms with Crippen LogP contribution in [0.25, 0.3) is 10.8 Å². The summed E-state index contributed by atoms with van der Waals surface area (Å²) in [5, 5.41) is 0.470. The number of ether oxygens (including phenoxy) is 2. The predicted octanol–water partition coefficient (Wildman–Crippen LogP) is -0.444. The second-order valence-electron chi connectivity index (χ2n) is 4.79. The minimum atomic E-state index is -4.68. The van der Waals surface area contributed by atoms with Crippen molar-refractivity contribution in [1.29, 1.82) is 0 Å². The van der Waals surface area contributed by atoms with E-state index in [0.29, 0.717) is 5.39 Å². The van der Waals surface area contributed by atoms with Crippen molar-refractivity contribution in [3.63, 3.8) is 0 Å². The van der Waals surface area contributed by atoms with E-state index in [-0.39, 0.29) is 60.7 Å². The minimum Gasteiger partial charge on any atom is -1.00 e. The molecule has 0 atom stereocenters. The molecule has 0 aliphatic heterocycles. The first-order chi connectivity index (χ1) is 11.3. The fourth-order valence-electron chi connectivity index (χ4n) is 2.29. The summed E-state index contributed by atoms with van der Waals surface area (Å²) < 4.78 is 42.7. The van der Waals surface area contributed by atoms with Gasteiger partial charge in [0.1, 0.15) is 4.90 Å². The molecule has 0 fully saturated rings. The molecule has 0 radical (unpaired) electrons. The van der Waals surface area contributed by atoms with E-state index in [4.69, 9.17) is 9.47 Å². The number of hydrogen-bond donors (Lipinski definition) is 1. The molecule has 0 unspecified atom stereocenters. The van der Waals surface area contributed by atoms with Gasteiger partial charge in [-0.15, -0.1) is 0 Å². The van der Waals surface area contributed by atoms with E-state index in [9.17, 15) is 22.6 Å². The molecule has 0 saturated heterocycles. The third kappa shape index (κ3) is 4.80. The van der Waals surface area contributed by atoms with Gasteiger partial charge in [-0.25, -0.2) is 9.59 Å². The molecule has 0 saturated carbocycles. The first kappa shape index (κ1) is 21.6. The Morgan fingerprint density at radius 2 is 1.64 bits per heavy atom. The molecule has 0 heterocycles. The van der Waals surface area contributed by atoms with Crippen molar-refractivity contribution < 1.29 is 63.0 Å². The first-order valence-electron chi connectivity index (χ1n) is 7.18. The zero-order chi connectivity index (χ0) is 17.9. The van der Waals surface area contributed by atoms with Crippen molar-refractivity contribution in [2.24, 2.45) is 0 Å². The molecule has 7 nitrogen and oxygen atoms in total. The van der Waals surface area contributed by atoms with E-state index in [1.165, 1.54) is 30.3 Å². The quantitative estimate of drug-likeness (QED) is 0.428. The average Bonchev–Trinajstić information content (AvgIpc) is 2.52.